The van der Waals surface area contributed by atoms with Gasteiger partial charge in [0.1, 0.15) is 23.4 Å². The molecule has 2 aromatic heterocycles. The first-order chi connectivity index (χ1) is 13.1. The number of hydrogen-bond donors (Lipinski definition) is 2. The highest BCUT2D eigenvalue weighted by Gasteiger charge is 2.13. The van der Waals surface area contributed by atoms with Crippen LogP contribution in [0.1, 0.15) is 32.1 Å². The summed E-state index contributed by atoms with van der Waals surface area (Å²) in [5, 5.41) is 3.42. The molecule has 0 fully saturated rings. The minimum atomic E-state index is -0.387. The van der Waals surface area contributed by atoms with E-state index in [0.29, 0.717) is 23.0 Å². The van der Waals surface area contributed by atoms with Gasteiger partial charge in [-0.25, -0.2) is 9.37 Å². The zero-order valence-corrected chi connectivity index (χ0v) is 14.9. The molecule has 0 saturated heterocycles. The van der Waals surface area contributed by atoms with E-state index >= 15 is 0 Å². The Bertz CT molecular complexity index is 1100. The molecule has 140 valence electrons. The molecule has 0 bridgehead atoms. The van der Waals surface area contributed by atoms with Gasteiger partial charge < -0.3 is 10.3 Å². The van der Waals surface area contributed by atoms with Crippen LogP contribution < -0.4 is 10.9 Å². The van der Waals surface area contributed by atoms with Crippen LogP contribution >= 0.6 is 0 Å². The number of hydrogen-bond acceptors (Lipinski definition) is 3. The average molecular weight is 368 g/mol. The fourth-order valence-corrected chi connectivity index (χ4v) is 3.58. The predicted molar refractivity (Wildman–Crippen MR) is 102 cm³/mol. The summed E-state index contributed by atoms with van der Waals surface area (Å²) in [7, 11) is 0. The summed E-state index contributed by atoms with van der Waals surface area (Å²) in [6.45, 7) is 0.477. The Morgan fingerprint density at radius 1 is 1.33 bits per heavy atom. The number of nitrogens with zero attached hydrogens (tertiary/aromatic N) is 2. The quantitative estimate of drug-likeness (QED) is 0.680. The van der Waals surface area contributed by atoms with E-state index in [1.165, 1.54) is 41.4 Å². The van der Waals surface area contributed by atoms with Crippen LogP contribution in [-0.2, 0) is 11.3 Å². The molecule has 1 aromatic carbocycles. The van der Waals surface area contributed by atoms with Crippen molar-refractivity contribution in [3.05, 3.63) is 52.3 Å². The highest BCUT2D eigenvalue weighted by molar-refractivity contribution is 6.04. The Morgan fingerprint density at radius 2 is 2.22 bits per heavy atom. The number of allylic oxidation sites excluding steroid dienone is 1. The molecule has 0 spiro atoms. The molecule has 3 aromatic rings. The van der Waals surface area contributed by atoms with Crippen molar-refractivity contribution in [1.29, 1.82) is 0 Å². The Morgan fingerprint density at radius 3 is 3.04 bits per heavy atom. The van der Waals surface area contributed by atoms with Crippen molar-refractivity contribution in [2.24, 2.45) is 0 Å². The Balaban J connectivity index is 1.47. The minimum absolute atomic E-state index is 0.0927. The number of carbonyl (C=O) groups excluding carboxylic acids is 1. The van der Waals surface area contributed by atoms with Crippen LogP contribution in [-0.4, -0.2) is 27.0 Å². The second kappa shape index (κ2) is 7.34. The molecule has 1 aliphatic carbocycles. The lowest BCUT2D eigenvalue weighted by molar-refractivity contribution is -0.121. The molecular weight excluding hydrogens is 347 g/mol. The van der Waals surface area contributed by atoms with Crippen LogP contribution in [0.15, 0.2) is 41.0 Å². The first-order valence-corrected chi connectivity index (χ1v) is 9.23. The van der Waals surface area contributed by atoms with E-state index in [1.54, 1.807) is 6.07 Å². The summed E-state index contributed by atoms with van der Waals surface area (Å²) < 4.78 is 14.7. The molecule has 1 amide bonds. The zero-order chi connectivity index (χ0) is 18.8. The number of H-pyrrole nitrogens is 1. The highest BCUT2D eigenvalue weighted by Crippen LogP contribution is 2.22. The van der Waals surface area contributed by atoms with Gasteiger partial charge in [0.15, 0.2) is 0 Å². The smallest absolute Gasteiger partial charge is 0.278 e. The normalized spacial score (nSPS) is 14.5. The van der Waals surface area contributed by atoms with Crippen LogP contribution in [0.2, 0.25) is 0 Å². The van der Waals surface area contributed by atoms with E-state index in [4.69, 9.17) is 0 Å². The number of halogens is 1. The van der Waals surface area contributed by atoms with Crippen LogP contribution in [0.5, 0.6) is 0 Å². The molecule has 0 atom stereocenters. The van der Waals surface area contributed by atoms with Crippen molar-refractivity contribution < 1.29 is 9.18 Å². The average Bonchev–Trinajstić information content (AvgIpc) is 3.03. The number of fused-ring (bicyclic) bond motifs is 3. The summed E-state index contributed by atoms with van der Waals surface area (Å²) in [5.41, 5.74) is 2.38. The standard InChI is InChI=1S/C20H21FN4O2/c21-14-6-7-16-15(10-14)18-19(24-16)20(27)25(12-23-18)11-17(26)22-9-8-13-4-2-1-3-5-13/h4,6-7,10,12,24H,1-3,5,8-9,11H2,(H,22,26). The number of aromatic nitrogens is 3. The fourth-order valence-electron chi connectivity index (χ4n) is 3.58. The van der Waals surface area contributed by atoms with Crippen molar-refractivity contribution in [3.8, 4) is 0 Å². The summed E-state index contributed by atoms with van der Waals surface area (Å²) in [5.74, 6) is -0.612. The number of nitrogens with one attached hydrogen (secondary N) is 2. The summed E-state index contributed by atoms with van der Waals surface area (Å²) >= 11 is 0. The van der Waals surface area contributed by atoms with E-state index in [0.717, 1.165) is 19.3 Å². The number of rotatable bonds is 5. The number of amides is 1. The molecule has 1 aliphatic rings. The fraction of sp³-hybridized carbons (Fsp3) is 0.350. The third-order valence-corrected chi connectivity index (χ3v) is 5.00. The van der Waals surface area contributed by atoms with Gasteiger partial charge >= 0.3 is 0 Å². The van der Waals surface area contributed by atoms with Crippen molar-refractivity contribution in [2.75, 3.05) is 6.54 Å². The minimum Gasteiger partial charge on any atom is -0.354 e. The number of aromatic amines is 1. The largest absolute Gasteiger partial charge is 0.354 e. The molecule has 2 N–H and O–H groups in total. The van der Waals surface area contributed by atoms with E-state index < -0.39 is 0 Å². The first kappa shape index (κ1) is 17.5. The van der Waals surface area contributed by atoms with Gasteiger partial charge in [0.25, 0.3) is 5.56 Å². The highest BCUT2D eigenvalue weighted by atomic mass is 19.1. The monoisotopic (exact) mass is 368 g/mol. The third kappa shape index (κ3) is 3.63. The van der Waals surface area contributed by atoms with Gasteiger partial charge in [0, 0.05) is 17.4 Å². The first-order valence-electron chi connectivity index (χ1n) is 9.23. The molecule has 4 rings (SSSR count). The number of benzene rings is 1. The van der Waals surface area contributed by atoms with Crippen LogP contribution in [0.3, 0.4) is 0 Å². The lowest BCUT2D eigenvalue weighted by Gasteiger charge is -2.13. The SMILES string of the molecule is O=C(Cn1cnc2c([nH]c3ccc(F)cc32)c1=O)NCCC1=CCCCC1. The van der Waals surface area contributed by atoms with Gasteiger partial charge in [-0.3, -0.25) is 14.2 Å². The van der Waals surface area contributed by atoms with Crippen LogP contribution in [0.4, 0.5) is 4.39 Å². The van der Waals surface area contributed by atoms with Crippen LogP contribution in [0, 0.1) is 5.82 Å². The summed E-state index contributed by atoms with van der Waals surface area (Å²) in [6, 6.07) is 4.24. The van der Waals surface area contributed by atoms with Gasteiger partial charge in [-0.05, 0) is 50.3 Å². The lowest BCUT2D eigenvalue weighted by atomic mass is 9.97. The van der Waals surface area contributed by atoms with Gasteiger partial charge in [-0.2, -0.15) is 0 Å². The second-order valence-corrected chi connectivity index (χ2v) is 6.92. The molecule has 0 radical (unpaired) electrons. The molecular formula is C20H21FN4O2. The predicted octanol–water partition coefficient (Wildman–Crippen LogP) is 3.02. The maximum absolute atomic E-state index is 13.5. The molecule has 0 saturated carbocycles. The van der Waals surface area contributed by atoms with Gasteiger partial charge in [-0.15, -0.1) is 0 Å². The summed E-state index contributed by atoms with van der Waals surface area (Å²) in [4.78, 5) is 32.1. The second-order valence-electron chi connectivity index (χ2n) is 6.92. The van der Waals surface area contributed by atoms with Gasteiger partial charge in [0.05, 0.1) is 6.33 Å². The zero-order valence-electron chi connectivity index (χ0n) is 14.9. The Kier molecular flexibility index (Phi) is 4.75. The van der Waals surface area contributed by atoms with E-state index in [1.807, 2.05) is 0 Å². The molecule has 2 heterocycles. The molecule has 7 heteroatoms. The Hall–Kier alpha value is -2.96. The van der Waals surface area contributed by atoms with Crippen molar-refractivity contribution >= 4 is 27.8 Å². The molecule has 27 heavy (non-hydrogen) atoms. The van der Waals surface area contributed by atoms with E-state index in [2.05, 4.69) is 21.4 Å². The molecule has 0 aliphatic heterocycles. The van der Waals surface area contributed by atoms with Gasteiger partial charge in [-0.1, -0.05) is 11.6 Å². The lowest BCUT2D eigenvalue weighted by Crippen LogP contribution is -2.33. The van der Waals surface area contributed by atoms with Crippen molar-refractivity contribution in [3.63, 3.8) is 0 Å². The van der Waals surface area contributed by atoms with Gasteiger partial charge in [0.2, 0.25) is 5.91 Å². The number of carbonyl (C=O) groups is 1. The summed E-state index contributed by atoms with van der Waals surface area (Å²) in [6.07, 6.45) is 9.15. The third-order valence-electron chi connectivity index (χ3n) is 5.00. The molecule has 6 nitrogen and oxygen atoms in total. The van der Waals surface area contributed by atoms with Crippen LogP contribution in [0.25, 0.3) is 21.9 Å². The maximum atomic E-state index is 13.5. The topological polar surface area (TPSA) is 79.8 Å². The Labute approximate surface area is 155 Å². The van der Waals surface area contributed by atoms with E-state index in [9.17, 15) is 14.0 Å². The van der Waals surface area contributed by atoms with Crippen molar-refractivity contribution in [2.45, 2.75) is 38.6 Å². The van der Waals surface area contributed by atoms with E-state index in [-0.39, 0.29) is 29.3 Å². The maximum Gasteiger partial charge on any atom is 0.278 e. The van der Waals surface area contributed by atoms with Crippen molar-refractivity contribution in [1.82, 2.24) is 19.9 Å². The molecule has 0 unspecified atom stereocenters.